The van der Waals surface area contributed by atoms with E-state index in [0.29, 0.717) is 12.1 Å². The van der Waals surface area contributed by atoms with Crippen molar-refractivity contribution in [2.75, 3.05) is 4.90 Å². The molecule has 0 N–H and O–H groups in total. The van der Waals surface area contributed by atoms with Gasteiger partial charge in [-0.1, -0.05) is 35.0 Å². The van der Waals surface area contributed by atoms with Gasteiger partial charge < -0.3 is 9.47 Å². The summed E-state index contributed by atoms with van der Waals surface area (Å²) in [6.45, 7) is 1.92. The van der Waals surface area contributed by atoms with Gasteiger partial charge in [0.25, 0.3) is 5.91 Å². The average Bonchev–Trinajstić information content (AvgIpc) is 3.24. The quantitative estimate of drug-likeness (QED) is 0.523. The largest absolute Gasteiger partial charge is 0.416 e. The number of rotatable bonds is 4. The molecule has 1 amide bonds. The minimum Gasteiger partial charge on any atom is -0.321 e. The summed E-state index contributed by atoms with van der Waals surface area (Å²) in [5.74, 6) is 0.486. The van der Waals surface area contributed by atoms with Crippen LogP contribution < -0.4 is 4.90 Å². The first-order valence-electron chi connectivity index (χ1n) is 9.29. The number of carbonyl (C=O) groups excluding carboxylic acids is 1. The van der Waals surface area contributed by atoms with E-state index < -0.39 is 17.6 Å². The second-order valence-electron chi connectivity index (χ2n) is 7.43. The molecule has 1 aromatic heterocycles. The van der Waals surface area contributed by atoms with Crippen LogP contribution in [0.15, 0.2) is 47.2 Å². The number of carbonyl (C=O) groups is 1. The van der Waals surface area contributed by atoms with Gasteiger partial charge in [0, 0.05) is 29.2 Å². The molecule has 0 bridgehead atoms. The first-order chi connectivity index (χ1) is 14.1. The molecule has 3 aromatic rings. The minimum absolute atomic E-state index is 0.00763. The molecule has 5 nitrogen and oxygen atoms in total. The monoisotopic (exact) mass is 478 g/mol. The van der Waals surface area contributed by atoms with Gasteiger partial charge in [-0.2, -0.15) is 13.2 Å². The zero-order chi connectivity index (χ0) is 21.6. The molecule has 1 aliphatic heterocycles. The van der Waals surface area contributed by atoms with Gasteiger partial charge in [0.1, 0.15) is 12.2 Å². The molecule has 1 atom stereocenters. The zero-order valence-electron chi connectivity index (χ0n) is 16.2. The van der Waals surface area contributed by atoms with Crippen molar-refractivity contribution in [3.05, 3.63) is 75.3 Å². The zero-order valence-corrected chi connectivity index (χ0v) is 17.8. The van der Waals surface area contributed by atoms with E-state index in [0.717, 1.165) is 17.5 Å². The fourth-order valence-electron chi connectivity index (χ4n) is 3.72. The summed E-state index contributed by atoms with van der Waals surface area (Å²) in [5.41, 5.74) is 0.844. The molecule has 0 radical (unpaired) electrons. The number of nitrogens with zero attached hydrogens (tertiary/aromatic N) is 4. The highest BCUT2D eigenvalue weighted by molar-refractivity contribution is 9.10. The van der Waals surface area contributed by atoms with E-state index in [9.17, 15) is 18.0 Å². The Hall–Kier alpha value is -2.68. The number of alkyl halides is 3. The molecule has 1 aliphatic rings. The normalized spacial score (nSPS) is 14.9. The van der Waals surface area contributed by atoms with Crippen LogP contribution in [0, 0.1) is 0 Å². The molecule has 30 heavy (non-hydrogen) atoms. The smallest absolute Gasteiger partial charge is 0.321 e. The van der Waals surface area contributed by atoms with Crippen molar-refractivity contribution >= 4 is 27.5 Å². The van der Waals surface area contributed by atoms with Crippen LogP contribution in [0.5, 0.6) is 0 Å². The third kappa shape index (κ3) is 3.74. The number of fused-ring (bicyclic) bond motifs is 1. The van der Waals surface area contributed by atoms with Crippen molar-refractivity contribution in [2.24, 2.45) is 7.05 Å². The number of amides is 1. The van der Waals surface area contributed by atoms with Crippen LogP contribution in [0.25, 0.3) is 0 Å². The highest BCUT2D eigenvalue weighted by Gasteiger charge is 2.40. The van der Waals surface area contributed by atoms with Crippen molar-refractivity contribution in [3.63, 3.8) is 0 Å². The Balaban J connectivity index is 1.65. The van der Waals surface area contributed by atoms with E-state index in [4.69, 9.17) is 0 Å². The number of halogens is 4. The molecule has 0 saturated carbocycles. The van der Waals surface area contributed by atoms with Crippen LogP contribution in [-0.2, 0) is 26.2 Å². The highest BCUT2D eigenvalue weighted by Crippen LogP contribution is 2.40. The Morgan fingerprint density at radius 1 is 1.23 bits per heavy atom. The van der Waals surface area contributed by atoms with Crippen molar-refractivity contribution in [1.82, 2.24) is 14.8 Å². The second-order valence-corrected chi connectivity index (χ2v) is 8.34. The van der Waals surface area contributed by atoms with Crippen molar-refractivity contribution in [2.45, 2.75) is 32.0 Å². The Morgan fingerprint density at radius 2 is 2.00 bits per heavy atom. The fourth-order valence-corrected chi connectivity index (χ4v) is 4.18. The van der Waals surface area contributed by atoms with Gasteiger partial charge in [-0.05, 0) is 41.3 Å². The van der Waals surface area contributed by atoms with E-state index in [-0.39, 0.29) is 28.1 Å². The SMILES string of the molecule is C[C@@H](Cc1nncn1C)c1cccc(N2Cc3c(cc(Br)cc3C(F)(F)F)C2=O)c1. The Kier molecular flexibility index (Phi) is 5.17. The fraction of sp³-hybridized carbons (Fsp3) is 0.286. The lowest BCUT2D eigenvalue weighted by molar-refractivity contribution is -0.138. The predicted octanol–water partition coefficient (Wildman–Crippen LogP) is 5.10. The van der Waals surface area contributed by atoms with Gasteiger partial charge in [0.15, 0.2) is 0 Å². The van der Waals surface area contributed by atoms with Gasteiger partial charge in [-0.15, -0.1) is 10.2 Å². The highest BCUT2D eigenvalue weighted by atomic mass is 79.9. The summed E-state index contributed by atoms with van der Waals surface area (Å²) in [6.07, 6.45) is -2.25. The second kappa shape index (κ2) is 7.54. The van der Waals surface area contributed by atoms with E-state index in [1.54, 1.807) is 12.4 Å². The lowest BCUT2D eigenvalue weighted by Gasteiger charge is -2.19. The molecule has 0 saturated heterocycles. The van der Waals surface area contributed by atoms with Crippen LogP contribution in [0.2, 0.25) is 0 Å². The standard InChI is InChI=1S/C21H18BrF3N4O/c1-12(6-19-27-26-11-28(19)2)13-4-3-5-15(7-13)29-10-17-16(20(29)30)8-14(22)9-18(17)21(23,24)25/h3-5,7-9,11-12H,6,10H2,1-2H3/t12-/m0/s1. The van der Waals surface area contributed by atoms with Crippen molar-refractivity contribution in [3.8, 4) is 0 Å². The van der Waals surface area contributed by atoms with Crippen molar-refractivity contribution < 1.29 is 18.0 Å². The van der Waals surface area contributed by atoms with Crippen LogP contribution >= 0.6 is 15.9 Å². The van der Waals surface area contributed by atoms with Gasteiger partial charge >= 0.3 is 6.18 Å². The average molecular weight is 479 g/mol. The summed E-state index contributed by atoms with van der Waals surface area (Å²) in [4.78, 5) is 14.3. The number of anilines is 1. The topological polar surface area (TPSA) is 51.0 Å². The molecule has 2 aromatic carbocycles. The number of aryl methyl sites for hydroxylation is 1. The molecule has 2 heterocycles. The Morgan fingerprint density at radius 3 is 2.67 bits per heavy atom. The van der Waals surface area contributed by atoms with Crippen LogP contribution in [0.4, 0.5) is 18.9 Å². The predicted molar refractivity (Wildman–Crippen MR) is 109 cm³/mol. The number of aromatic nitrogens is 3. The maximum absolute atomic E-state index is 13.5. The lowest BCUT2D eigenvalue weighted by atomic mass is 9.97. The first kappa shape index (κ1) is 20.6. The van der Waals surface area contributed by atoms with Gasteiger partial charge in [-0.25, -0.2) is 0 Å². The molecule has 0 fully saturated rings. The summed E-state index contributed by atoms with van der Waals surface area (Å²) in [7, 11) is 1.87. The van der Waals surface area contributed by atoms with E-state index in [2.05, 4.69) is 26.1 Å². The molecule has 9 heteroatoms. The van der Waals surface area contributed by atoms with E-state index >= 15 is 0 Å². The molecule has 4 rings (SSSR count). The van der Waals surface area contributed by atoms with Gasteiger partial charge in [-0.3, -0.25) is 4.79 Å². The van der Waals surface area contributed by atoms with Crippen LogP contribution in [0.3, 0.4) is 0 Å². The lowest BCUT2D eigenvalue weighted by Crippen LogP contribution is -2.23. The van der Waals surface area contributed by atoms with E-state index in [1.165, 1.54) is 11.0 Å². The summed E-state index contributed by atoms with van der Waals surface area (Å²) in [6, 6.07) is 9.82. The molecular formula is C21H18BrF3N4O. The number of hydrogen-bond donors (Lipinski definition) is 0. The Bertz CT molecular complexity index is 1130. The third-order valence-corrected chi connectivity index (χ3v) is 5.81. The summed E-state index contributed by atoms with van der Waals surface area (Å²) in [5, 5.41) is 7.98. The first-order valence-corrected chi connectivity index (χ1v) is 10.1. The summed E-state index contributed by atoms with van der Waals surface area (Å²) >= 11 is 3.09. The molecular weight excluding hydrogens is 461 g/mol. The molecule has 0 spiro atoms. The van der Waals surface area contributed by atoms with Crippen LogP contribution in [-0.4, -0.2) is 20.7 Å². The molecule has 0 unspecified atom stereocenters. The number of hydrogen-bond acceptors (Lipinski definition) is 3. The maximum Gasteiger partial charge on any atom is 0.416 e. The van der Waals surface area contributed by atoms with Gasteiger partial charge in [0.05, 0.1) is 12.1 Å². The minimum atomic E-state index is -4.53. The number of benzene rings is 2. The third-order valence-electron chi connectivity index (χ3n) is 5.36. The molecule has 156 valence electrons. The Labute approximate surface area is 179 Å². The van der Waals surface area contributed by atoms with Gasteiger partial charge in [0.2, 0.25) is 0 Å². The van der Waals surface area contributed by atoms with Crippen molar-refractivity contribution in [1.29, 1.82) is 0 Å². The van der Waals surface area contributed by atoms with E-state index in [1.807, 2.05) is 36.7 Å². The molecule has 0 aliphatic carbocycles. The maximum atomic E-state index is 13.5. The summed E-state index contributed by atoms with van der Waals surface area (Å²) < 4.78 is 42.6. The van der Waals surface area contributed by atoms with Crippen LogP contribution in [0.1, 0.15) is 45.7 Å².